The van der Waals surface area contributed by atoms with E-state index < -0.39 is 0 Å². The molecule has 2 amide bonds. The van der Waals surface area contributed by atoms with Gasteiger partial charge in [0.1, 0.15) is 0 Å². The predicted molar refractivity (Wildman–Crippen MR) is 81.9 cm³/mol. The summed E-state index contributed by atoms with van der Waals surface area (Å²) in [6.45, 7) is 5.52. The number of aromatic nitrogens is 2. The van der Waals surface area contributed by atoms with Gasteiger partial charge in [0.25, 0.3) is 0 Å². The average molecular weight is 286 g/mol. The zero-order chi connectivity index (χ0) is 15.4. The molecule has 2 N–H and O–H groups in total. The van der Waals surface area contributed by atoms with Gasteiger partial charge in [0.05, 0.1) is 24.2 Å². The molecule has 110 valence electrons. The highest BCUT2D eigenvalue weighted by Gasteiger charge is 2.12. The van der Waals surface area contributed by atoms with Crippen molar-refractivity contribution in [2.24, 2.45) is 0 Å². The fraction of sp³-hybridized carbons (Fsp3) is 0.267. The van der Waals surface area contributed by atoms with Crippen LogP contribution in [0, 0.1) is 20.8 Å². The molecule has 21 heavy (non-hydrogen) atoms. The number of amides is 2. The van der Waals surface area contributed by atoms with Crippen LogP contribution in [-0.2, 0) is 0 Å². The largest absolute Gasteiger partial charge is 0.467 e. The van der Waals surface area contributed by atoms with Crippen molar-refractivity contribution in [1.82, 2.24) is 9.97 Å². The molecule has 0 radical (unpaired) electrons. The number of carbonyl (C=O) groups is 1. The van der Waals surface area contributed by atoms with Gasteiger partial charge in [-0.3, -0.25) is 0 Å². The van der Waals surface area contributed by atoms with Crippen LogP contribution in [-0.4, -0.2) is 23.1 Å². The Morgan fingerprint density at radius 2 is 1.67 bits per heavy atom. The topological polar surface area (TPSA) is 76.1 Å². The lowest BCUT2D eigenvalue weighted by molar-refractivity contribution is 0.262. The Balaban J connectivity index is 2.15. The van der Waals surface area contributed by atoms with Gasteiger partial charge in [0.2, 0.25) is 0 Å². The van der Waals surface area contributed by atoms with Gasteiger partial charge >= 0.3 is 12.0 Å². The van der Waals surface area contributed by atoms with Crippen LogP contribution in [0.5, 0.6) is 6.01 Å². The van der Waals surface area contributed by atoms with E-state index in [9.17, 15) is 4.79 Å². The Morgan fingerprint density at radius 1 is 1.05 bits per heavy atom. The number of benzene rings is 1. The number of aryl methyl sites for hydroxylation is 3. The number of methoxy groups -OCH3 is 1. The van der Waals surface area contributed by atoms with Crippen LogP contribution in [0.25, 0.3) is 0 Å². The first kappa shape index (κ1) is 14.8. The van der Waals surface area contributed by atoms with E-state index in [1.165, 1.54) is 7.11 Å². The average Bonchev–Trinajstić information content (AvgIpc) is 2.45. The fourth-order valence-corrected chi connectivity index (χ4v) is 1.94. The summed E-state index contributed by atoms with van der Waals surface area (Å²) in [6.07, 6.45) is 0. The third kappa shape index (κ3) is 3.47. The normalized spacial score (nSPS) is 10.1. The molecule has 0 fully saturated rings. The zero-order valence-electron chi connectivity index (χ0n) is 12.5. The van der Waals surface area contributed by atoms with Crippen LogP contribution >= 0.6 is 0 Å². The second-order valence-corrected chi connectivity index (χ2v) is 4.65. The molecule has 2 aromatic rings. The second kappa shape index (κ2) is 6.21. The Hall–Kier alpha value is -2.63. The predicted octanol–water partition coefficient (Wildman–Crippen LogP) is 3.05. The Kier molecular flexibility index (Phi) is 4.37. The van der Waals surface area contributed by atoms with E-state index in [1.54, 1.807) is 13.8 Å². The number of rotatable bonds is 3. The van der Waals surface area contributed by atoms with Crippen molar-refractivity contribution in [1.29, 1.82) is 0 Å². The van der Waals surface area contributed by atoms with E-state index in [2.05, 4.69) is 20.6 Å². The van der Waals surface area contributed by atoms with Crippen LogP contribution in [0.2, 0.25) is 0 Å². The fourth-order valence-electron chi connectivity index (χ4n) is 1.94. The molecule has 0 unspecified atom stereocenters. The van der Waals surface area contributed by atoms with E-state index in [0.29, 0.717) is 17.1 Å². The maximum Gasteiger partial charge on any atom is 0.323 e. The lowest BCUT2D eigenvalue weighted by Gasteiger charge is -2.13. The summed E-state index contributed by atoms with van der Waals surface area (Å²) in [5.41, 5.74) is 3.65. The maximum atomic E-state index is 12.1. The van der Waals surface area contributed by atoms with Gasteiger partial charge in [0.15, 0.2) is 0 Å². The molecule has 6 nitrogen and oxygen atoms in total. The highest BCUT2D eigenvalue weighted by atomic mass is 16.5. The van der Waals surface area contributed by atoms with Gasteiger partial charge in [0, 0.05) is 5.69 Å². The molecule has 0 spiro atoms. The molecule has 0 saturated heterocycles. The van der Waals surface area contributed by atoms with Crippen LogP contribution in [0.15, 0.2) is 24.3 Å². The molecule has 0 aliphatic carbocycles. The molecule has 0 atom stereocenters. The number of anilines is 2. The van der Waals surface area contributed by atoms with Crippen molar-refractivity contribution in [3.8, 4) is 6.01 Å². The number of carbonyl (C=O) groups excluding carboxylic acids is 1. The molecule has 1 aromatic carbocycles. The van der Waals surface area contributed by atoms with Gasteiger partial charge < -0.3 is 15.4 Å². The zero-order valence-corrected chi connectivity index (χ0v) is 12.5. The van der Waals surface area contributed by atoms with Crippen molar-refractivity contribution in [3.63, 3.8) is 0 Å². The number of hydrogen-bond donors (Lipinski definition) is 2. The monoisotopic (exact) mass is 286 g/mol. The minimum Gasteiger partial charge on any atom is -0.467 e. The van der Waals surface area contributed by atoms with Crippen LogP contribution in [0.1, 0.15) is 17.0 Å². The Labute approximate surface area is 123 Å². The third-order valence-corrected chi connectivity index (χ3v) is 3.06. The summed E-state index contributed by atoms with van der Waals surface area (Å²) in [5, 5.41) is 5.58. The van der Waals surface area contributed by atoms with Crippen LogP contribution < -0.4 is 15.4 Å². The maximum absolute atomic E-state index is 12.1. The van der Waals surface area contributed by atoms with Crippen LogP contribution in [0.4, 0.5) is 16.2 Å². The van der Waals surface area contributed by atoms with E-state index in [0.717, 1.165) is 11.3 Å². The number of nitrogens with zero attached hydrogens (tertiary/aromatic N) is 2. The summed E-state index contributed by atoms with van der Waals surface area (Å²) in [5.74, 6) is 0. The van der Waals surface area contributed by atoms with E-state index in [-0.39, 0.29) is 12.0 Å². The molecule has 6 heteroatoms. The quantitative estimate of drug-likeness (QED) is 0.909. The minimum absolute atomic E-state index is 0.287. The standard InChI is InChI=1S/C15H18N4O2/c1-9-7-5-6-8-12(9)18-14(20)19-13-10(2)16-15(21-4)17-11(13)3/h5-8H,1-4H3,(H2,18,19,20). The smallest absolute Gasteiger partial charge is 0.323 e. The van der Waals surface area contributed by atoms with Crippen molar-refractivity contribution < 1.29 is 9.53 Å². The first-order chi connectivity index (χ1) is 10.0. The number of urea groups is 1. The van der Waals surface area contributed by atoms with Crippen molar-refractivity contribution >= 4 is 17.4 Å². The third-order valence-electron chi connectivity index (χ3n) is 3.06. The SMILES string of the molecule is COc1nc(C)c(NC(=O)Nc2ccccc2C)c(C)n1. The van der Waals surface area contributed by atoms with E-state index in [1.807, 2.05) is 31.2 Å². The highest BCUT2D eigenvalue weighted by Crippen LogP contribution is 2.20. The summed E-state index contributed by atoms with van der Waals surface area (Å²) >= 11 is 0. The molecular weight excluding hydrogens is 268 g/mol. The molecule has 0 saturated carbocycles. The summed E-state index contributed by atoms with van der Waals surface area (Å²) in [7, 11) is 1.51. The lowest BCUT2D eigenvalue weighted by atomic mass is 10.2. The van der Waals surface area contributed by atoms with Crippen LogP contribution in [0.3, 0.4) is 0 Å². The summed E-state index contributed by atoms with van der Waals surface area (Å²) in [4.78, 5) is 20.4. The summed E-state index contributed by atoms with van der Waals surface area (Å²) < 4.78 is 5.00. The number of para-hydroxylation sites is 1. The first-order valence-electron chi connectivity index (χ1n) is 6.54. The molecule has 0 aliphatic rings. The van der Waals surface area contributed by atoms with E-state index in [4.69, 9.17) is 4.74 Å². The molecule has 1 aromatic heterocycles. The molecule has 0 bridgehead atoms. The molecule has 2 rings (SSSR count). The van der Waals surface area contributed by atoms with Gasteiger partial charge in [-0.05, 0) is 32.4 Å². The first-order valence-corrected chi connectivity index (χ1v) is 6.54. The molecular formula is C15H18N4O2. The number of ether oxygens (including phenoxy) is 1. The van der Waals surface area contributed by atoms with Gasteiger partial charge in [-0.15, -0.1) is 0 Å². The van der Waals surface area contributed by atoms with Crippen molar-refractivity contribution in [3.05, 3.63) is 41.2 Å². The number of hydrogen-bond acceptors (Lipinski definition) is 4. The van der Waals surface area contributed by atoms with Gasteiger partial charge in [-0.1, -0.05) is 18.2 Å². The minimum atomic E-state index is -0.329. The second-order valence-electron chi connectivity index (χ2n) is 4.65. The summed E-state index contributed by atoms with van der Waals surface area (Å²) in [6, 6.07) is 7.53. The highest BCUT2D eigenvalue weighted by molar-refractivity contribution is 6.00. The Morgan fingerprint density at radius 3 is 2.24 bits per heavy atom. The Bertz CT molecular complexity index is 647. The van der Waals surface area contributed by atoms with Crippen molar-refractivity contribution in [2.45, 2.75) is 20.8 Å². The molecule has 0 aliphatic heterocycles. The number of nitrogens with one attached hydrogen (secondary N) is 2. The lowest BCUT2D eigenvalue weighted by Crippen LogP contribution is -2.21. The molecule has 1 heterocycles. The van der Waals surface area contributed by atoms with Gasteiger partial charge in [-0.2, -0.15) is 9.97 Å². The van der Waals surface area contributed by atoms with Crippen molar-refractivity contribution in [2.75, 3.05) is 17.7 Å². The van der Waals surface area contributed by atoms with E-state index >= 15 is 0 Å². The van der Waals surface area contributed by atoms with Gasteiger partial charge in [-0.25, -0.2) is 4.79 Å².